The van der Waals surface area contributed by atoms with E-state index in [1.807, 2.05) is 0 Å². The average Bonchev–Trinajstić information content (AvgIpc) is 2.46. The molecule has 1 amide bonds. The van der Waals surface area contributed by atoms with E-state index in [0.29, 0.717) is 18.0 Å². The zero-order valence-electron chi connectivity index (χ0n) is 11.0. The molecule has 104 valence electrons. The number of aromatic hydroxyl groups is 1. The van der Waals surface area contributed by atoms with Crippen molar-refractivity contribution in [2.45, 2.75) is 32.1 Å². The molecule has 19 heavy (non-hydrogen) atoms. The molecule has 0 aliphatic heterocycles. The number of benzene rings is 1. The predicted molar refractivity (Wildman–Crippen MR) is 76.7 cm³/mol. The molecule has 1 aliphatic rings. The average molecular weight is 282 g/mol. The number of carbonyl (C=O) groups is 1. The van der Waals surface area contributed by atoms with Crippen molar-refractivity contribution in [3.8, 4) is 5.75 Å². The van der Waals surface area contributed by atoms with Crippen molar-refractivity contribution in [1.29, 1.82) is 0 Å². The van der Waals surface area contributed by atoms with E-state index in [2.05, 4.69) is 5.32 Å². The molecule has 1 saturated carbocycles. The lowest BCUT2D eigenvalue weighted by molar-refractivity contribution is 0.0921. The van der Waals surface area contributed by atoms with Gasteiger partial charge >= 0.3 is 0 Å². The predicted octanol–water partition coefficient (Wildman–Crippen LogP) is 3.31. The SMILES string of the molecule is O=C(NCC1(CCl)CCCCC1)c1ccc(O)cc1. The molecular weight excluding hydrogens is 262 g/mol. The van der Waals surface area contributed by atoms with Gasteiger partial charge in [-0.05, 0) is 37.1 Å². The zero-order chi connectivity index (χ0) is 13.7. The highest BCUT2D eigenvalue weighted by Crippen LogP contribution is 2.36. The van der Waals surface area contributed by atoms with Crippen molar-refractivity contribution in [3.05, 3.63) is 29.8 Å². The van der Waals surface area contributed by atoms with Gasteiger partial charge in [0.05, 0.1) is 0 Å². The van der Waals surface area contributed by atoms with E-state index in [9.17, 15) is 9.90 Å². The Morgan fingerprint density at radius 2 is 1.84 bits per heavy atom. The Labute approximate surface area is 119 Å². The molecule has 0 saturated heterocycles. The highest BCUT2D eigenvalue weighted by Gasteiger charge is 2.31. The Bertz CT molecular complexity index is 424. The van der Waals surface area contributed by atoms with E-state index < -0.39 is 0 Å². The summed E-state index contributed by atoms with van der Waals surface area (Å²) in [4.78, 5) is 12.0. The highest BCUT2D eigenvalue weighted by molar-refractivity contribution is 6.18. The van der Waals surface area contributed by atoms with Crippen LogP contribution < -0.4 is 5.32 Å². The lowest BCUT2D eigenvalue weighted by atomic mass is 9.75. The number of amides is 1. The molecule has 0 unspecified atom stereocenters. The molecule has 2 N–H and O–H groups in total. The first kappa shape index (κ1) is 14.2. The van der Waals surface area contributed by atoms with E-state index in [4.69, 9.17) is 11.6 Å². The standard InChI is InChI=1S/C15H20ClNO2/c16-10-15(8-2-1-3-9-15)11-17-14(19)12-4-6-13(18)7-5-12/h4-7,18H,1-3,8-11H2,(H,17,19). The zero-order valence-corrected chi connectivity index (χ0v) is 11.7. The Hall–Kier alpha value is -1.22. The van der Waals surface area contributed by atoms with Crippen LogP contribution in [0.4, 0.5) is 0 Å². The summed E-state index contributed by atoms with van der Waals surface area (Å²) in [6.45, 7) is 0.635. The van der Waals surface area contributed by atoms with Crippen LogP contribution in [0, 0.1) is 5.41 Å². The van der Waals surface area contributed by atoms with Crippen LogP contribution in [0.3, 0.4) is 0 Å². The summed E-state index contributed by atoms with van der Waals surface area (Å²) in [5.74, 6) is 0.666. The largest absolute Gasteiger partial charge is 0.508 e. The highest BCUT2D eigenvalue weighted by atomic mass is 35.5. The number of alkyl halides is 1. The molecule has 1 aliphatic carbocycles. The number of carbonyl (C=O) groups excluding carboxylic acids is 1. The molecule has 2 rings (SSSR count). The van der Waals surface area contributed by atoms with E-state index in [0.717, 1.165) is 12.8 Å². The van der Waals surface area contributed by atoms with Crippen LogP contribution in [-0.4, -0.2) is 23.4 Å². The molecule has 0 atom stereocenters. The maximum atomic E-state index is 12.0. The first-order valence-electron chi connectivity index (χ1n) is 6.78. The number of phenols is 1. The number of rotatable bonds is 4. The van der Waals surface area contributed by atoms with Gasteiger partial charge in [0.1, 0.15) is 5.75 Å². The Balaban J connectivity index is 1.93. The van der Waals surface area contributed by atoms with Gasteiger partial charge in [-0.25, -0.2) is 0 Å². The molecule has 3 nitrogen and oxygen atoms in total. The van der Waals surface area contributed by atoms with Crippen LogP contribution in [-0.2, 0) is 0 Å². The van der Waals surface area contributed by atoms with E-state index in [-0.39, 0.29) is 17.1 Å². The van der Waals surface area contributed by atoms with Crippen LogP contribution in [0.1, 0.15) is 42.5 Å². The second kappa shape index (κ2) is 6.29. The topological polar surface area (TPSA) is 49.3 Å². The normalized spacial score (nSPS) is 17.9. The van der Waals surface area contributed by atoms with Gasteiger partial charge in [-0.2, -0.15) is 0 Å². The quantitative estimate of drug-likeness (QED) is 0.832. The third-order valence-electron chi connectivity index (χ3n) is 3.95. The maximum Gasteiger partial charge on any atom is 0.251 e. The summed E-state index contributed by atoms with van der Waals surface area (Å²) in [7, 11) is 0. The number of phenolic OH excluding ortho intramolecular Hbond substituents is 1. The van der Waals surface area contributed by atoms with Gasteiger partial charge in [0.15, 0.2) is 0 Å². The van der Waals surface area contributed by atoms with Crippen LogP contribution in [0.5, 0.6) is 5.75 Å². The molecule has 0 aromatic heterocycles. The third-order valence-corrected chi connectivity index (χ3v) is 4.52. The Morgan fingerprint density at radius 3 is 2.42 bits per heavy atom. The summed E-state index contributed by atoms with van der Waals surface area (Å²) in [5, 5.41) is 12.2. The molecule has 1 fully saturated rings. The third kappa shape index (κ3) is 3.63. The summed E-state index contributed by atoms with van der Waals surface area (Å²) in [6, 6.07) is 6.29. The number of hydrogen-bond donors (Lipinski definition) is 2. The number of hydrogen-bond acceptors (Lipinski definition) is 2. The second-order valence-electron chi connectivity index (χ2n) is 5.42. The molecule has 0 heterocycles. The molecule has 0 bridgehead atoms. The number of halogens is 1. The monoisotopic (exact) mass is 281 g/mol. The number of nitrogens with one attached hydrogen (secondary N) is 1. The summed E-state index contributed by atoms with van der Waals surface area (Å²) in [6.07, 6.45) is 5.84. The van der Waals surface area contributed by atoms with Crippen molar-refractivity contribution >= 4 is 17.5 Å². The minimum atomic E-state index is -0.102. The fourth-order valence-corrected chi connectivity index (χ4v) is 3.00. The first-order valence-corrected chi connectivity index (χ1v) is 7.32. The lowest BCUT2D eigenvalue weighted by Gasteiger charge is -2.35. The summed E-state index contributed by atoms with van der Waals surface area (Å²) < 4.78 is 0. The molecule has 0 spiro atoms. The van der Waals surface area contributed by atoms with Crippen molar-refractivity contribution in [2.24, 2.45) is 5.41 Å². The fourth-order valence-electron chi connectivity index (χ4n) is 2.64. The van der Waals surface area contributed by atoms with Gasteiger partial charge < -0.3 is 10.4 Å². The Morgan fingerprint density at radius 1 is 1.21 bits per heavy atom. The molecule has 4 heteroatoms. The van der Waals surface area contributed by atoms with E-state index in [1.54, 1.807) is 12.1 Å². The van der Waals surface area contributed by atoms with Gasteiger partial charge in [-0.15, -0.1) is 11.6 Å². The molecule has 1 aromatic rings. The van der Waals surface area contributed by atoms with Gasteiger partial charge in [-0.3, -0.25) is 4.79 Å². The van der Waals surface area contributed by atoms with Crippen LogP contribution >= 0.6 is 11.6 Å². The van der Waals surface area contributed by atoms with Gasteiger partial charge in [0.2, 0.25) is 0 Å². The van der Waals surface area contributed by atoms with Gasteiger partial charge in [-0.1, -0.05) is 19.3 Å². The van der Waals surface area contributed by atoms with Crippen molar-refractivity contribution in [3.63, 3.8) is 0 Å². The van der Waals surface area contributed by atoms with Gasteiger partial charge in [0.25, 0.3) is 5.91 Å². The fraction of sp³-hybridized carbons (Fsp3) is 0.533. The Kier molecular flexibility index (Phi) is 4.70. The van der Waals surface area contributed by atoms with Gasteiger partial charge in [0, 0.05) is 23.4 Å². The summed E-state index contributed by atoms with van der Waals surface area (Å²) >= 11 is 6.10. The van der Waals surface area contributed by atoms with Crippen molar-refractivity contribution < 1.29 is 9.90 Å². The van der Waals surface area contributed by atoms with Crippen LogP contribution in [0.15, 0.2) is 24.3 Å². The molecule has 0 radical (unpaired) electrons. The van der Waals surface area contributed by atoms with Crippen molar-refractivity contribution in [1.82, 2.24) is 5.32 Å². The second-order valence-corrected chi connectivity index (χ2v) is 5.69. The van der Waals surface area contributed by atoms with E-state index >= 15 is 0 Å². The summed E-state index contributed by atoms with van der Waals surface area (Å²) in [5.41, 5.74) is 0.630. The lowest BCUT2D eigenvalue weighted by Crippen LogP contribution is -2.40. The minimum Gasteiger partial charge on any atom is -0.508 e. The maximum absolute atomic E-state index is 12.0. The molecule has 1 aromatic carbocycles. The minimum absolute atomic E-state index is 0.0619. The smallest absolute Gasteiger partial charge is 0.251 e. The molecular formula is C15H20ClNO2. The van der Waals surface area contributed by atoms with Crippen molar-refractivity contribution in [2.75, 3.05) is 12.4 Å². The van der Waals surface area contributed by atoms with Crippen LogP contribution in [0.2, 0.25) is 0 Å². The van der Waals surface area contributed by atoms with Crippen LogP contribution in [0.25, 0.3) is 0 Å². The first-order chi connectivity index (χ1) is 9.15. The van der Waals surface area contributed by atoms with E-state index in [1.165, 1.54) is 31.4 Å².